The first kappa shape index (κ1) is 11.0. The Balaban J connectivity index is 2.21. The first-order valence-corrected chi connectivity index (χ1v) is 6.05. The molecule has 18 heavy (non-hydrogen) atoms. The largest absolute Gasteiger partial charge is 0.324 e. The van der Waals surface area contributed by atoms with E-state index in [9.17, 15) is 0 Å². The average molecular weight is 237 g/mol. The van der Waals surface area contributed by atoms with Crippen molar-refractivity contribution in [1.29, 1.82) is 0 Å². The van der Waals surface area contributed by atoms with Crippen LogP contribution < -0.4 is 5.73 Å². The monoisotopic (exact) mass is 237 g/mol. The molecule has 3 rings (SSSR count). The number of H-pyrrole nitrogens is 1. The van der Waals surface area contributed by atoms with Crippen molar-refractivity contribution < 1.29 is 0 Å². The maximum absolute atomic E-state index is 5.93. The maximum Gasteiger partial charge on any atom is 0.0999 e. The number of aromatic amines is 1. The molecule has 0 aliphatic rings. The molecule has 0 spiro atoms. The minimum absolute atomic E-state index is 0.0351. The van der Waals surface area contributed by atoms with E-state index in [1.165, 1.54) is 0 Å². The molecule has 1 heterocycles. The van der Waals surface area contributed by atoms with Crippen molar-refractivity contribution in [2.45, 2.75) is 13.0 Å². The second-order valence-electron chi connectivity index (χ2n) is 4.53. The number of nitrogens with two attached hydrogens (primary N) is 1. The summed E-state index contributed by atoms with van der Waals surface area (Å²) in [6.45, 7) is 1.99. The summed E-state index contributed by atoms with van der Waals surface area (Å²) in [7, 11) is 0. The molecule has 2 aromatic carbocycles. The zero-order chi connectivity index (χ0) is 12.5. The molecule has 3 aromatic rings. The molecular weight excluding hydrogens is 222 g/mol. The lowest BCUT2D eigenvalue weighted by Gasteiger charge is -2.05. The molecule has 0 aliphatic carbocycles. The summed E-state index contributed by atoms with van der Waals surface area (Å²) in [5.74, 6) is 0. The van der Waals surface area contributed by atoms with E-state index in [-0.39, 0.29) is 6.04 Å². The van der Waals surface area contributed by atoms with Gasteiger partial charge in [-0.25, -0.2) is 0 Å². The Morgan fingerprint density at radius 2 is 1.89 bits per heavy atom. The summed E-state index contributed by atoms with van der Waals surface area (Å²) in [6, 6.07) is 16.4. The minimum Gasteiger partial charge on any atom is -0.324 e. The van der Waals surface area contributed by atoms with Gasteiger partial charge >= 0.3 is 0 Å². The average Bonchev–Trinajstić information content (AvgIpc) is 2.82. The number of nitrogens with one attached hydrogen (secondary N) is 1. The van der Waals surface area contributed by atoms with Crippen LogP contribution in [0.3, 0.4) is 0 Å². The molecule has 1 aromatic heterocycles. The summed E-state index contributed by atoms with van der Waals surface area (Å²) in [5.41, 5.74) is 10.2. The Hall–Kier alpha value is -2.13. The lowest BCUT2D eigenvalue weighted by molar-refractivity contribution is 0.820. The highest BCUT2D eigenvalue weighted by molar-refractivity contribution is 5.93. The normalized spacial score (nSPS) is 12.8. The third kappa shape index (κ3) is 1.79. The SMILES string of the molecule is CC(N)c1ccc2[nH]nc(-c3ccccc3)c2c1. The fourth-order valence-corrected chi connectivity index (χ4v) is 2.13. The summed E-state index contributed by atoms with van der Waals surface area (Å²) >= 11 is 0. The molecule has 3 N–H and O–H groups in total. The van der Waals surface area contributed by atoms with E-state index >= 15 is 0 Å². The van der Waals surface area contributed by atoms with Crippen molar-refractivity contribution in [1.82, 2.24) is 10.2 Å². The second-order valence-corrected chi connectivity index (χ2v) is 4.53. The van der Waals surface area contributed by atoms with E-state index in [1.807, 2.05) is 37.3 Å². The summed E-state index contributed by atoms with van der Waals surface area (Å²) in [4.78, 5) is 0. The van der Waals surface area contributed by atoms with Crippen molar-refractivity contribution in [3.05, 3.63) is 54.1 Å². The highest BCUT2D eigenvalue weighted by Gasteiger charge is 2.09. The van der Waals surface area contributed by atoms with Crippen LogP contribution in [0.2, 0.25) is 0 Å². The van der Waals surface area contributed by atoms with Crippen LogP contribution in [0.1, 0.15) is 18.5 Å². The van der Waals surface area contributed by atoms with Gasteiger partial charge in [-0.3, -0.25) is 5.10 Å². The molecular formula is C15H15N3. The Labute approximate surface area is 106 Å². The topological polar surface area (TPSA) is 54.7 Å². The number of hydrogen-bond acceptors (Lipinski definition) is 2. The van der Waals surface area contributed by atoms with Crippen LogP contribution in [0.5, 0.6) is 0 Å². The lowest BCUT2D eigenvalue weighted by atomic mass is 10.0. The van der Waals surface area contributed by atoms with Crippen molar-refractivity contribution >= 4 is 10.9 Å². The van der Waals surface area contributed by atoms with Crippen LogP contribution in [0.15, 0.2) is 48.5 Å². The number of nitrogens with zero attached hydrogens (tertiary/aromatic N) is 1. The van der Waals surface area contributed by atoms with Gasteiger partial charge in [0, 0.05) is 17.0 Å². The van der Waals surface area contributed by atoms with Crippen molar-refractivity contribution in [2.24, 2.45) is 5.73 Å². The van der Waals surface area contributed by atoms with Crippen molar-refractivity contribution in [3.63, 3.8) is 0 Å². The molecule has 3 nitrogen and oxygen atoms in total. The van der Waals surface area contributed by atoms with Crippen molar-refractivity contribution in [2.75, 3.05) is 0 Å². The number of rotatable bonds is 2. The van der Waals surface area contributed by atoms with Crippen LogP contribution in [-0.4, -0.2) is 10.2 Å². The van der Waals surface area contributed by atoms with Gasteiger partial charge in [0.1, 0.15) is 0 Å². The van der Waals surface area contributed by atoms with Crippen LogP contribution in [-0.2, 0) is 0 Å². The van der Waals surface area contributed by atoms with E-state index in [4.69, 9.17) is 5.73 Å². The van der Waals surface area contributed by atoms with E-state index in [0.29, 0.717) is 0 Å². The standard InChI is InChI=1S/C15H15N3/c1-10(16)12-7-8-14-13(9-12)15(18-17-14)11-5-3-2-4-6-11/h2-10H,16H2,1H3,(H,17,18). The summed E-state index contributed by atoms with van der Waals surface area (Å²) < 4.78 is 0. The zero-order valence-corrected chi connectivity index (χ0v) is 10.2. The summed E-state index contributed by atoms with van der Waals surface area (Å²) in [5, 5.41) is 8.58. The van der Waals surface area contributed by atoms with Gasteiger partial charge in [-0.05, 0) is 24.6 Å². The van der Waals surface area contributed by atoms with Crippen LogP contribution in [0, 0.1) is 0 Å². The van der Waals surface area contributed by atoms with Gasteiger partial charge in [0.25, 0.3) is 0 Å². The highest BCUT2D eigenvalue weighted by atomic mass is 15.1. The van der Waals surface area contributed by atoms with Crippen LogP contribution >= 0.6 is 0 Å². The first-order valence-electron chi connectivity index (χ1n) is 6.05. The Morgan fingerprint density at radius 3 is 2.61 bits per heavy atom. The van der Waals surface area contributed by atoms with Gasteiger partial charge in [0.15, 0.2) is 0 Å². The predicted molar refractivity (Wildman–Crippen MR) is 74.1 cm³/mol. The number of hydrogen-bond donors (Lipinski definition) is 2. The van der Waals surface area contributed by atoms with Crippen molar-refractivity contribution in [3.8, 4) is 11.3 Å². The Morgan fingerprint density at radius 1 is 1.11 bits per heavy atom. The van der Waals surface area contributed by atoms with Gasteiger partial charge in [-0.2, -0.15) is 5.10 Å². The predicted octanol–water partition coefficient (Wildman–Crippen LogP) is 3.25. The number of aromatic nitrogens is 2. The summed E-state index contributed by atoms with van der Waals surface area (Å²) in [6.07, 6.45) is 0. The Bertz CT molecular complexity index is 669. The van der Waals surface area contributed by atoms with E-state index in [2.05, 4.69) is 28.4 Å². The number of fused-ring (bicyclic) bond motifs is 1. The molecule has 1 unspecified atom stereocenters. The quantitative estimate of drug-likeness (QED) is 0.718. The van der Waals surface area contributed by atoms with Gasteiger partial charge in [-0.1, -0.05) is 36.4 Å². The molecule has 3 heteroatoms. The molecule has 1 atom stereocenters. The molecule has 90 valence electrons. The van der Waals surface area contributed by atoms with Crippen LogP contribution in [0.25, 0.3) is 22.2 Å². The first-order chi connectivity index (χ1) is 8.75. The van der Waals surface area contributed by atoms with Gasteiger partial charge < -0.3 is 5.73 Å². The van der Waals surface area contributed by atoms with E-state index < -0.39 is 0 Å². The van der Waals surface area contributed by atoms with E-state index in [0.717, 1.165) is 27.7 Å². The molecule has 0 fully saturated rings. The number of benzene rings is 2. The van der Waals surface area contributed by atoms with Gasteiger partial charge in [0.05, 0.1) is 11.2 Å². The van der Waals surface area contributed by atoms with Gasteiger partial charge in [-0.15, -0.1) is 0 Å². The zero-order valence-electron chi connectivity index (χ0n) is 10.2. The molecule has 0 saturated carbocycles. The second kappa shape index (κ2) is 4.27. The molecule has 0 saturated heterocycles. The third-order valence-corrected chi connectivity index (χ3v) is 3.16. The highest BCUT2D eigenvalue weighted by Crippen LogP contribution is 2.27. The maximum atomic E-state index is 5.93. The van der Waals surface area contributed by atoms with Crippen LogP contribution in [0.4, 0.5) is 0 Å². The van der Waals surface area contributed by atoms with E-state index in [1.54, 1.807) is 0 Å². The third-order valence-electron chi connectivity index (χ3n) is 3.16. The smallest absolute Gasteiger partial charge is 0.0999 e. The fraction of sp³-hybridized carbons (Fsp3) is 0.133. The molecule has 0 amide bonds. The Kier molecular flexibility index (Phi) is 2.61. The molecule has 0 radical (unpaired) electrons. The molecule has 0 aliphatic heterocycles. The van der Waals surface area contributed by atoms with Gasteiger partial charge in [0.2, 0.25) is 0 Å². The molecule has 0 bridgehead atoms. The lowest BCUT2D eigenvalue weighted by Crippen LogP contribution is -2.04. The fourth-order valence-electron chi connectivity index (χ4n) is 2.13. The minimum atomic E-state index is 0.0351.